The molecule has 2 aromatic rings. The summed E-state index contributed by atoms with van der Waals surface area (Å²) in [6, 6.07) is 7.86. The molecule has 1 fully saturated rings. The smallest absolute Gasteiger partial charge is 0.249 e. The highest BCUT2D eigenvalue weighted by molar-refractivity contribution is 6.29. The molecule has 1 unspecified atom stereocenters. The number of para-hydroxylation sites is 1. The van der Waals surface area contributed by atoms with Gasteiger partial charge in [-0.1, -0.05) is 25.1 Å². The van der Waals surface area contributed by atoms with Crippen LogP contribution in [0, 0.1) is 6.92 Å². The summed E-state index contributed by atoms with van der Waals surface area (Å²) in [5.74, 6) is -1.22. The Morgan fingerprint density at radius 3 is 2.78 bits per heavy atom. The van der Waals surface area contributed by atoms with E-state index in [2.05, 4.69) is 12.0 Å². The molecule has 1 aliphatic heterocycles. The number of aryl methyl sites for hydroxylation is 2. The lowest BCUT2D eigenvalue weighted by Gasteiger charge is -2.49. The maximum Gasteiger partial charge on any atom is 0.249 e. The summed E-state index contributed by atoms with van der Waals surface area (Å²) in [5.41, 5.74) is 2.98. The molecule has 23 heavy (non-hydrogen) atoms. The zero-order chi connectivity index (χ0) is 16.4. The minimum absolute atomic E-state index is 0.107. The van der Waals surface area contributed by atoms with Crippen molar-refractivity contribution in [2.75, 3.05) is 17.4 Å². The Kier molecular flexibility index (Phi) is 4.41. The van der Waals surface area contributed by atoms with E-state index in [1.54, 1.807) is 15.8 Å². The number of hydrogen-bond donors (Lipinski definition) is 0. The summed E-state index contributed by atoms with van der Waals surface area (Å²) in [7, 11) is 0. The highest BCUT2D eigenvalue weighted by Crippen LogP contribution is 2.41. The molecule has 0 spiro atoms. The summed E-state index contributed by atoms with van der Waals surface area (Å²) < 4.78 is 7.60. The lowest BCUT2D eigenvalue weighted by molar-refractivity contribution is -0.211. The monoisotopic (exact) mass is 333 g/mol. The Morgan fingerprint density at radius 1 is 1.48 bits per heavy atom. The van der Waals surface area contributed by atoms with Crippen molar-refractivity contribution < 1.29 is 9.53 Å². The van der Waals surface area contributed by atoms with Gasteiger partial charge in [-0.05, 0) is 30.5 Å². The average molecular weight is 334 g/mol. The number of aromatic nitrogens is 2. The summed E-state index contributed by atoms with van der Waals surface area (Å²) in [4.78, 5) is 14.4. The fourth-order valence-corrected chi connectivity index (χ4v) is 3.22. The molecule has 3 rings (SSSR count). The van der Waals surface area contributed by atoms with Gasteiger partial charge in [0.25, 0.3) is 0 Å². The molecule has 1 aromatic heterocycles. The molecular formula is C17H20ClN3O2. The van der Waals surface area contributed by atoms with Crippen molar-refractivity contribution in [3.63, 3.8) is 0 Å². The summed E-state index contributed by atoms with van der Waals surface area (Å²) in [5, 5.41) is 4.31. The number of rotatable bonds is 5. The average Bonchev–Trinajstić information content (AvgIpc) is 3.05. The fraction of sp³-hybridized carbons (Fsp3) is 0.412. The van der Waals surface area contributed by atoms with E-state index < -0.39 is 5.85 Å². The van der Waals surface area contributed by atoms with Gasteiger partial charge >= 0.3 is 0 Å². The second kappa shape index (κ2) is 6.34. The fourth-order valence-electron chi connectivity index (χ4n) is 3.10. The van der Waals surface area contributed by atoms with Gasteiger partial charge in [0.2, 0.25) is 11.8 Å². The highest BCUT2D eigenvalue weighted by Gasteiger charge is 2.50. The molecule has 6 heteroatoms. The molecule has 1 atom stereocenters. The van der Waals surface area contributed by atoms with E-state index in [9.17, 15) is 4.79 Å². The van der Waals surface area contributed by atoms with Crippen molar-refractivity contribution in [2.45, 2.75) is 32.5 Å². The number of alkyl halides is 1. The molecular weight excluding hydrogens is 314 g/mol. The Labute approximate surface area is 140 Å². The van der Waals surface area contributed by atoms with E-state index in [0.29, 0.717) is 13.0 Å². The number of benzene rings is 1. The summed E-state index contributed by atoms with van der Waals surface area (Å²) >= 11 is 5.92. The van der Waals surface area contributed by atoms with Crippen LogP contribution < -0.4 is 4.90 Å². The van der Waals surface area contributed by atoms with Crippen molar-refractivity contribution >= 4 is 23.2 Å². The molecule has 0 aliphatic carbocycles. The van der Waals surface area contributed by atoms with E-state index in [0.717, 1.165) is 23.2 Å². The van der Waals surface area contributed by atoms with Crippen molar-refractivity contribution in [1.82, 2.24) is 9.78 Å². The molecule has 5 nitrogen and oxygen atoms in total. The largest absolute Gasteiger partial charge is 0.336 e. The second-order valence-electron chi connectivity index (χ2n) is 5.59. The van der Waals surface area contributed by atoms with Crippen molar-refractivity contribution in [2.24, 2.45) is 0 Å². The third-order valence-electron chi connectivity index (χ3n) is 4.26. The zero-order valence-electron chi connectivity index (χ0n) is 13.3. The maximum atomic E-state index is 12.7. The van der Waals surface area contributed by atoms with Crippen LogP contribution in [0.5, 0.6) is 0 Å². The van der Waals surface area contributed by atoms with Crippen molar-refractivity contribution in [3.05, 3.63) is 47.8 Å². The molecule has 0 N–H and O–H groups in total. The number of halogens is 1. The van der Waals surface area contributed by atoms with Crippen LogP contribution in [0.2, 0.25) is 0 Å². The van der Waals surface area contributed by atoms with Gasteiger partial charge in [0, 0.05) is 18.8 Å². The van der Waals surface area contributed by atoms with Crippen LogP contribution in [0.3, 0.4) is 0 Å². The number of amides is 1. The Morgan fingerprint density at radius 2 is 2.26 bits per heavy atom. The van der Waals surface area contributed by atoms with Crippen LogP contribution in [0.1, 0.15) is 24.5 Å². The SMILES string of the molecule is CCc1cccc(C)c1N(C(=O)CCl)C1(n2cccn2)CCO1. The minimum atomic E-state index is -0.925. The van der Waals surface area contributed by atoms with E-state index in [1.807, 2.05) is 37.4 Å². The minimum Gasteiger partial charge on any atom is -0.336 e. The zero-order valence-corrected chi connectivity index (χ0v) is 14.1. The normalized spacial score (nSPS) is 20.1. The van der Waals surface area contributed by atoms with Gasteiger partial charge in [-0.2, -0.15) is 5.10 Å². The summed E-state index contributed by atoms with van der Waals surface area (Å²) in [6.07, 6.45) is 5.00. The number of carbonyl (C=O) groups is 1. The third-order valence-corrected chi connectivity index (χ3v) is 4.49. The van der Waals surface area contributed by atoms with E-state index in [-0.39, 0.29) is 11.8 Å². The second-order valence-corrected chi connectivity index (χ2v) is 5.86. The molecule has 0 bridgehead atoms. The van der Waals surface area contributed by atoms with Crippen LogP contribution in [0.25, 0.3) is 0 Å². The van der Waals surface area contributed by atoms with E-state index in [4.69, 9.17) is 16.3 Å². The van der Waals surface area contributed by atoms with E-state index >= 15 is 0 Å². The first-order valence-corrected chi connectivity index (χ1v) is 8.29. The predicted molar refractivity (Wildman–Crippen MR) is 89.5 cm³/mol. The molecule has 1 amide bonds. The van der Waals surface area contributed by atoms with Crippen LogP contribution in [-0.2, 0) is 21.8 Å². The quantitative estimate of drug-likeness (QED) is 0.790. The lowest BCUT2D eigenvalue weighted by Crippen LogP contribution is -2.62. The van der Waals surface area contributed by atoms with Gasteiger partial charge in [-0.3, -0.25) is 9.69 Å². The van der Waals surface area contributed by atoms with Gasteiger partial charge in [-0.15, -0.1) is 11.6 Å². The Balaban J connectivity index is 2.19. The van der Waals surface area contributed by atoms with Crippen LogP contribution in [0.4, 0.5) is 5.69 Å². The summed E-state index contributed by atoms with van der Waals surface area (Å²) in [6.45, 7) is 4.65. The number of hydrogen-bond acceptors (Lipinski definition) is 3. The molecule has 1 aliphatic rings. The first kappa shape index (κ1) is 16.0. The maximum absolute atomic E-state index is 12.7. The van der Waals surface area contributed by atoms with Crippen LogP contribution >= 0.6 is 11.6 Å². The molecule has 0 radical (unpaired) electrons. The number of carbonyl (C=O) groups excluding carboxylic acids is 1. The van der Waals surface area contributed by atoms with Gasteiger partial charge < -0.3 is 4.74 Å². The van der Waals surface area contributed by atoms with Crippen molar-refractivity contribution in [3.8, 4) is 0 Å². The number of anilines is 1. The Bertz CT molecular complexity index is 696. The molecule has 122 valence electrons. The van der Waals surface area contributed by atoms with Gasteiger partial charge in [0.1, 0.15) is 5.88 Å². The van der Waals surface area contributed by atoms with Crippen molar-refractivity contribution in [1.29, 1.82) is 0 Å². The number of nitrogens with zero attached hydrogens (tertiary/aromatic N) is 3. The van der Waals surface area contributed by atoms with Gasteiger partial charge in [-0.25, -0.2) is 4.68 Å². The standard InChI is InChI=1S/C17H20ClN3O2/c1-3-14-7-4-6-13(2)16(14)21(15(22)12-18)17(8-11-23-17)20-10-5-9-19-20/h4-7,9-10H,3,8,11-12H2,1-2H3. The molecule has 2 heterocycles. The third kappa shape index (κ3) is 2.54. The van der Waals surface area contributed by atoms with Crippen LogP contribution in [0.15, 0.2) is 36.7 Å². The van der Waals surface area contributed by atoms with E-state index in [1.165, 1.54) is 0 Å². The van der Waals surface area contributed by atoms with Gasteiger partial charge in [0.15, 0.2) is 0 Å². The van der Waals surface area contributed by atoms with Gasteiger partial charge in [0.05, 0.1) is 12.3 Å². The van der Waals surface area contributed by atoms with Crippen LogP contribution in [-0.4, -0.2) is 28.2 Å². The first-order chi connectivity index (χ1) is 11.1. The topological polar surface area (TPSA) is 47.4 Å². The molecule has 1 saturated heterocycles. The molecule has 1 aromatic carbocycles. The predicted octanol–water partition coefficient (Wildman–Crippen LogP) is 3.06. The first-order valence-electron chi connectivity index (χ1n) is 7.75. The number of ether oxygens (including phenoxy) is 1. The molecule has 0 saturated carbocycles. The lowest BCUT2D eigenvalue weighted by atomic mass is 10.0. The highest BCUT2D eigenvalue weighted by atomic mass is 35.5. The Hall–Kier alpha value is -1.85.